The number of nitrogens with zero attached hydrogens (tertiary/aromatic N) is 9. The van der Waals surface area contributed by atoms with Gasteiger partial charge in [-0.15, -0.1) is 0 Å². The maximum absolute atomic E-state index is 13.1. The van der Waals surface area contributed by atoms with Crippen molar-refractivity contribution in [2.24, 2.45) is 7.05 Å². The number of fused-ring (bicyclic) bond motifs is 1. The molecule has 4 aromatic heterocycles. The van der Waals surface area contributed by atoms with Crippen LogP contribution in [0, 0.1) is 13.8 Å². The standard InChI is InChI=1S/C29H34N12O2/c1-17-12-31-27(35-23-11-18(2)40(5)38-23)36-25(17)21-13-30-26-20(21)7-6-8-22(26)34-24(42)15-41-10-9-19(14-41)43-29-33-16-32-28(37-29)39(3)4/h6-8,11-13,16,19,30H,9-10,14-15H2,1-5H3,(H,34,42)(H,31,35,36,38). The van der Waals surface area contributed by atoms with Crippen LogP contribution in [0.1, 0.15) is 17.7 Å². The van der Waals surface area contributed by atoms with E-state index >= 15 is 0 Å². The van der Waals surface area contributed by atoms with Gasteiger partial charge in [-0.3, -0.25) is 14.4 Å². The van der Waals surface area contributed by atoms with E-state index in [4.69, 9.17) is 9.72 Å². The largest absolute Gasteiger partial charge is 0.459 e. The molecule has 5 heterocycles. The fourth-order valence-electron chi connectivity index (χ4n) is 5.09. The molecule has 6 rings (SSSR count). The molecule has 1 fully saturated rings. The maximum Gasteiger partial charge on any atom is 0.321 e. The molecule has 0 radical (unpaired) electrons. The average Bonchev–Trinajstić information content (AvgIpc) is 3.69. The van der Waals surface area contributed by atoms with Gasteiger partial charge in [-0.05, 0) is 31.9 Å². The van der Waals surface area contributed by atoms with Crippen molar-refractivity contribution >= 4 is 40.2 Å². The summed E-state index contributed by atoms with van der Waals surface area (Å²) in [6, 6.07) is 8.06. The van der Waals surface area contributed by atoms with Gasteiger partial charge in [0, 0.05) is 69.3 Å². The Labute approximate surface area is 248 Å². The zero-order chi connectivity index (χ0) is 30.1. The first kappa shape index (κ1) is 28.0. The molecule has 0 aliphatic carbocycles. The molecule has 5 aromatic rings. The summed E-state index contributed by atoms with van der Waals surface area (Å²) >= 11 is 0. The summed E-state index contributed by atoms with van der Waals surface area (Å²) in [6.45, 7) is 5.55. The topological polar surface area (TPSA) is 155 Å². The number of H-pyrrole nitrogens is 1. The van der Waals surface area contributed by atoms with Crippen molar-refractivity contribution in [1.29, 1.82) is 0 Å². The van der Waals surface area contributed by atoms with Crippen molar-refractivity contribution < 1.29 is 9.53 Å². The van der Waals surface area contributed by atoms with Gasteiger partial charge in [-0.1, -0.05) is 12.1 Å². The Kier molecular flexibility index (Phi) is 7.59. The third-order valence-electron chi connectivity index (χ3n) is 7.38. The smallest absolute Gasteiger partial charge is 0.321 e. The first-order valence-corrected chi connectivity index (χ1v) is 14.0. The normalized spacial score (nSPS) is 15.1. The van der Waals surface area contributed by atoms with Crippen LogP contribution >= 0.6 is 0 Å². The third kappa shape index (κ3) is 6.09. The van der Waals surface area contributed by atoms with Crippen LogP contribution in [0.2, 0.25) is 0 Å². The molecule has 3 N–H and O–H groups in total. The average molecular weight is 583 g/mol. The summed E-state index contributed by atoms with van der Waals surface area (Å²) in [5.41, 5.74) is 5.20. The predicted octanol–water partition coefficient (Wildman–Crippen LogP) is 3.06. The van der Waals surface area contributed by atoms with E-state index in [2.05, 4.69) is 45.6 Å². The SMILES string of the molecule is Cc1cnc(Nc2cc(C)n(C)n2)nc1-c1c[nH]c2c(NC(=O)CN3CCC(Oc4ncnc(N(C)C)n4)C3)cccc12. The number of aromatic amines is 1. The number of aromatic nitrogens is 8. The van der Waals surface area contributed by atoms with Crippen LogP contribution in [0.15, 0.2) is 43.0 Å². The molecule has 43 heavy (non-hydrogen) atoms. The van der Waals surface area contributed by atoms with Crippen LogP contribution in [0.4, 0.5) is 23.4 Å². The minimum absolute atomic E-state index is 0.100. The molecule has 1 aromatic carbocycles. The van der Waals surface area contributed by atoms with Crippen LogP contribution in [-0.4, -0.2) is 90.3 Å². The highest BCUT2D eigenvalue weighted by Gasteiger charge is 2.27. The Morgan fingerprint density at radius 2 is 2.05 bits per heavy atom. The molecule has 1 aliphatic rings. The molecule has 1 amide bonds. The lowest BCUT2D eigenvalue weighted by Gasteiger charge is -2.16. The third-order valence-corrected chi connectivity index (χ3v) is 7.38. The van der Waals surface area contributed by atoms with Gasteiger partial charge in [0.1, 0.15) is 12.4 Å². The zero-order valence-corrected chi connectivity index (χ0v) is 24.8. The summed E-state index contributed by atoms with van der Waals surface area (Å²) in [7, 11) is 5.61. The number of anilines is 4. The summed E-state index contributed by atoms with van der Waals surface area (Å²) in [6.07, 6.45) is 5.82. The number of rotatable bonds is 9. The number of carbonyl (C=O) groups is 1. The lowest BCUT2D eigenvalue weighted by Crippen LogP contribution is -2.33. The number of ether oxygens (including phenoxy) is 1. The summed E-state index contributed by atoms with van der Waals surface area (Å²) in [5, 5.41) is 11.7. The van der Waals surface area contributed by atoms with Crippen molar-refractivity contribution in [2.45, 2.75) is 26.4 Å². The monoisotopic (exact) mass is 582 g/mol. The number of benzene rings is 1. The first-order valence-electron chi connectivity index (χ1n) is 14.0. The van der Waals surface area contributed by atoms with Crippen LogP contribution in [0.3, 0.4) is 0 Å². The minimum atomic E-state index is -0.102. The summed E-state index contributed by atoms with van der Waals surface area (Å²) in [5.74, 6) is 1.57. The molecule has 1 atom stereocenters. The van der Waals surface area contributed by atoms with Gasteiger partial charge in [-0.25, -0.2) is 15.0 Å². The number of likely N-dealkylation sites (tertiary alicyclic amines) is 1. The molecule has 14 nitrogen and oxygen atoms in total. The molecule has 1 aliphatic heterocycles. The number of hydrogen-bond acceptors (Lipinski definition) is 11. The Morgan fingerprint density at radius 3 is 2.84 bits per heavy atom. The molecule has 0 spiro atoms. The lowest BCUT2D eigenvalue weighted by molar-refractivity contribution is -0.117. The number of para-hydroxylation sites is 1. The quantitative estimate of drug-likeness (QED) is 0.235. The van der Waals surface area contributed by atoms with Gasteiger partial charge in [0.15, 0.2) is 5.82 Å². The van der Waals surface area contributed by atoms with Crippen molar-refractivity contribution in [3.8, 4) is 17.3 Å². The second-order valence-corrected chi connectivity index (χ2v) is 10.8. The predicted molar refractivity (Wildman–Crippen MR) is 164 cm³/mol. The van der Waals surface area contributed by atoms with Crippen molar-refractivity contribution in [2.75, 3.05) is 49.3 Å². The van der Waals surface area contributed by atoms with E-state index < -0.39 is 0 Å². The van der Waals surface area contributed by atoms with E-state index in [0.29, 0.717) is 29.9 Å². The molecule has 222 valence electrons. The fraction of sp³-hybridized carbons (Fsp3) is 0.345. The molecular weight excluding hydrogens is 548 g/mol. The van der Waals surface area contributed by atoms with Gasteiger partial charge in [0.25, 0.3) is 0 Å². The van der Waals surface area contributed by atoms with Gasteiger partial charge < -0.3 is 25.3 Å². The Balaban J connectivity index is 1.12. The second kappa shape index (κ2) is 11.6. The first-order chi connectivity index (χ1) is 20.7. The lowest BCUT2D eigenvalue weighted by atomic mass is 10.1. The second-order valence-electron chi connectivity index (χ2n) is 10.8. The highest BCUT2D eigenvalue weighted by atomic mass is 16.5. The highest BCUT2D eigenvalue weighted by Crippen LogP contribution is 2.33. The maximum atomic E-state index is 13.1. The van der Waals surface area contributed by atoms with E-state index in [-0.39, 0.29) is 24.6 Å². The Hall–Kier alpha value is -5.11. The Bertz CT molecular complexity index is 1760. The molecule has 0 bridgehead atoms. The number of aryl methyl sites for hydroxylation is 3. The molecule has 1 unspecified atom stereocenters. The van der Waals surface area contributed by atoms with Crippen molar-refractivity contribution in [3.05, 3.63) is 54.2 Å². The highest BCUT2D eigenvalue weighted by molar-refractivity contribution is 6.06. The number of amides is 1. The number of nitrogens with one attached hydrogen (secondary N) is 3. The molecule has 0 saturated carbocycles. The van der Waals surface area contributed by atoms with Gasteiger partial charge in [0.2, 0.25) is 17.8 Å². The van der Waals surface area contributed by atoms with Crippen molar-refractivity contribution in [3.63, 3.8) is 0 Å². The van der Waals surface area contributed by atoms with Crippen LogP contribution in [0.25, 0.3) is 22.2 Å². The summed E-state index contributed by atoms with van der Waals surface area (Å²) in [4.78, 5) is 42.1. The van der Waals surface area contributed by atoms with Crippen molar-refractivity contribution in [1.82, 2.24) is 44.6 Å². The zero-order valence-electron chi connectivity index (χ0n) is 24.8. The Morgan fingerprint density at radius 1 is 1.19 bits per heavy atom. The van der Waals surface area contributed by atoms with E-state index in [1.807, 2.05) is 65.5 Å². The summed E-state index contributed by atoms with van der Waals surface area (Å²) < 4.78 is 7.76. The van der Waals surface area contributed by atoms with E-state index in [1.165, 1.54) is 6.33 Å². The van der Waals surface area contributed by atoms with Gasteiger partial charge in [-0.2, -0.15) is 15.1 Å². The van der Waals surface area contributed by atoms with Gasteiger partial charge in [0.05, 0.1) is 23.4 Å². The van der Waals surface area contributed by atoms with E-state index in [1.54, 1.807) is 15.8 Å². The molecule has 14 heteroatoms. The minimum Gasteiger partial charge on any atom is -0.459 e. The molecular formula is C29H34N12O2. The van der Waals surface area contributed by atoms with Crippen LogP contribution in [-0.2, 0) is 11.8 Å². The van der Waals surface area contributed by atoms with Gasteiger partial charge >= 0.3 is 6.01 Å². The number of carbonyl (C=O) groups excluding carboxylic acids is 1. The van der Waals surface area contributed by atoms with Crippen LogP contribution < -0.4 is 20.3 Å². The number of hydrogen-bond donors (Lipinski definition) is 3. The van der Waals surface area contributed by atoms with E-state index in [9.17, 15) is 4.79 Å². The van der Waals surface area contributed by atoms with E-state index in [0.717, 1.165) is 46.4 Å². The van der Waals surface area contributed by atoms with Crippen LogP contribution in [0.5, 0.6) is 6.01 Å². The molecule has 1 saturated heterocycles. The fourth-order valence-corrected chi connectivity index (χ4v) is 5.09.